The Morgan fingerprint density at radius 3 is 2.69 bits per heavy atom. The van der Waals surface area contributed by atoms with E-state index in [9.17, 15) is 8.78 Å². The zero-order valence-corrected chi connectivity index (χ0v) is 18.1. The predicted octanol–water partition coefficient (Wildman–Crippen LogP) is 4.49. The van der Waals surface area contributed by atoms with E-state index in [1.54, 1.807) is 10.7 Å². The summed E-state index contributed by atoms with van der Waals surface area (Å²) in [5.74, 6) is -1.12. The Morgan fingerprint density at radius 1 is 1.21 bits per heavy atom. The standard InChI is InChI=1S/C20H26F2N4O2Si/c1-13-15-9-14(28-11-16-17(21)5-6-18(23)19(16)22)10-24-20(15)26(25-13)12-27-7-8-29(2,3)4/h5-6,9-10H,7-8,11-12,23H2,1-4H3. The van der Waals surface area contributed by atoms with Crippen molar-refractivity contribution in [2.75, 3.05) is 12.3 Å². The third-order valence-electron chi connectivity index (χ3n) is 4.56. The monoisotopic (exact) mass is 420 g/mol. The number of hydrogen-bond acceptors (Lipinski definition) is 5. The highest BCUT2D eigenvalue weighted by molar-refractivity contribution is 6.76. The number of aryl methyl sites for hydroxylation is 1. The van der Waals surface area contributed by atoms with Gasteiger partial charge in [0.1, 0.15) is 24.9 Å². The highest BCUT2D eigenvalue weighted by atomic mass is 28.3. The Morgan fingerprint density at radius 2 is 1.97 bits per heavy atom. The average Bonchev–Trinajstić information content (AvgIpc) is 2.97. The van der Waals surface area contributed by atoms with Crippen LogP contribution in [0.15, 0.2) is 24.4 Å². The Hall–Kier alpha value is -2.52. The molecule has 0 bridgehead atoms. The summed E-state index contributed by atoms with van der Waals surface area (Å²) in [6.07, 6.45) is 1.50. The number of anilines is 1. The largest absolute Gasteiger partial charge is 0.487 e. The van der Waals surface area contributed by atoms with Crippen molar-refractivity contribution in [2.24, 2.45) is 0 Å². The van der Waals surface area contributed by atoms with Crippen molar-refractivity contribution in [2.45, 2.75) is 45.9 Å². The summed E-state index contributed by atoms with van der Waals surface area (Å²) in [5.41, 5.74) is 6.61. The Kier molecular flexibility index (Phi) is 6.18. The highest BCUT2D eigenvalue weighted by Gasteiger charge is 2.15. The van der Waals surface area contributed by atoms with Gasteiger partial charge in [0.15, 0.2) is 11.5 Å². The Labute approximate surface area is 169 Å². The van der Waals surface area contributed by atoms with E-state index < -0.39 is 19.7 Å². The van der Waals surface area contributed by atoms with Gasteiger partial charge in [-0.05, 0) is 31.2 Å². The van der Waals surface area contributed by atoms with Crippen LogP contribution >= 0.6 is 0 Å². The molecule has 6 nitrogen and oxygen atoms in total. The molecule has 0 unspecified atom stereocenters. The van der Waals surface area contributed by atoms with Gasteiger partial charge in [0.25, 0.3) is 0 Å². The second kappa shape index (κ2) is 8.46. The van der Waals surface area contributed by atoms with E-state index in [4.69, 9.17) is 15.2 Å². The summed E-state index contributed by atoms with van der Waals surface area (Å²) in [7, 11) is -1.15. The maximum Gasteiger partial charge on any atom is 0.160 e. The molecule has 0 aliphatic carbocycles. The number of nitrogens with two attached hydrogens (primary N) is 1. The van der Waals surface area contributed by atoms with Crippen LogP contribution in [0.1, 0.15) is 11.3 Å². The van der Waals surface area contributed by atoms with Gasteiger partial charge in [-0.25, -0.2) is 18.4 Å². The van der Waals surface area contributed by atoms with Gasteiger partial charge < -0.3 is 15.2 Å². The molecule has 1 aromatic carbocycles. The molecule has 0 aliphatic heterocycles. The first-order chi connectivity index (χ1) is 13.7. The summed E-state index contributed by atoms with van der Waals surface area (Å²) in [6.45, 7) is 9.49. The van der Waals surface area contributed by atoms with Gasteiger partial charge in [0.2, 0.25) is 0 Å². The van der Waals surface area contributed by atoms with Gasteiger partial charge >= 0.3 is 0 Å². The molecule has 156 valence electrons. The molecule has 0 spiro atoms. The van der Waals surface area contributed by atoms with Gasteiger partial charge in [0, 0.05) is 20.1 Å². The van der Waals surface area contributed by atoms with Crippen LogP contribution < -0.4 is 10.5 Å². The number of pyridine rings is 1. The molecule has 0 atom stereocenters. The van der Waals surface area contributed by atoms with Crippen molar-refractivity contribution >= 4 is 24.8 Å². The smallest absolute Gasteiger partial charge is 0.160 e. The number of ether oxygens (including phenoxy) is 2. The maximum atomic E-state index is 14.0. The predicted molar refractivity (Wildman–Crippen MR) is 111 cm³/mol. The van der Waals surface area contributed by atoms with Gasteiger partial charge in [-0.3, -0.25) is 0 Å². The molecule has 29 heavy (non-hydrogen) atoms. The third kappa shape index (κ3) is 5.10. The minimum atomic E-state index is -1.15. The summed E-state index contributed by atoms with van der Waals surface area (Å²) >= 11 is 0. The second-order valence-corrected chi connectivity index (χ2v) is 13.8. The normalized spacial score (nSPS) is 11.9. The molecular weight excluding hydrogens is 394 g/mol. The summed E-state index contributed by atoms with van der Waals surface area (Å²) in [5, 5.41) is 5.27. The maximum absolute atomic E-state index is 14.0. The lowest BCUT2D eigenvalue weighted by atomic mass is 10.2. The minimum Gasteiger partial charge on any atom is -0.487 e. The fourth-order valence-electron chi connectivity index (χ4n) is 2.79. The fraction of sp³-hybridized carbons (Fsp3) is 0.400. The van der Waals surface area contributed by atoms with Crippen LogP contribution in [0.25, 0.3) is 11.0 Å². The molecule has 0 radical (unpaired) electrons. The summed E-state index contributed by atoms with van der Waals surface area (Å²) in [6, 6.07) is 5.14. The van der Waals surface area contributed by atoms with E-state index in [1.165, 1.54) is 12.3 Å². The van der Waals surface area contributed by atoms with Crippen molar-refractivity contribution in [3.8, 4) is 5.75 Å². The van der Waals surface area contributed by atoms with Crippen LogP contribution in [0.3, 0.4) is 0 Å². The van der Waals surface area contributed by atoms with Gasteiger partial charge in [0.05, 0.1) is 23.1 Å². The molecule has 3 rings (SSSR count). The average molecular weight is 421 g/mol. The van der Waals surface area contributed by atoms with E-state index in [1.807, 2.05) is 6.92 Å². The van der Waals surface area contributed by atoms with Crippen LogP contribution in [0.2, 0.25) is 25.7 Å². The van der Waals surface area contributed by atoms with Crippen molar-refractivity contribution in [1.82, 2.24) is 14.8 Å². The SMILES string of the molecule is Cc1nn(COCC[Si](C)(C)C)c2ncc(OCc3c(F)ccc(N)c3F)cc12. The van der Waals surface area contributed by atoms with Crippen molar-refractivity contribution in [3.63, 3.8) is 0 Å². The van der Waals surface area contributed by atoms with Crippen LogP contribution in [0, 0.1) is 18.6 Å². The molecule has 0 saturated carbocycles. The van der Waals surface area contributed by atoms with Crippen molar-refractivity contribution < 1.29 is 18.3 Å². The van der Waals surface area contributed by atoms with E-state index >= 15 is 0 Å². The van der Waals surface area contributed by atoms with E-state index in [0.717, 1.165) is 23.2 Å². The topological polar surface area (TPSA) is 75.2 Å². The number of aromatic nitrogens is 3. The molecule has 2 aromatic heterocycles. The number of benzene rings is 1. The van der Waals surface area contributed by atoms with Crippen LogP contribution in [0.5, 0.6) is 5.75 Å². The second-order valence-electron chi connectivity index (χ2n) is 8.19. The Bertz CT molecular complexity index is 1020. The van der Waals surface area contributed by atoms with Gasteiger partial charge in [-0.15, -0.1) is 0 Å². The summed E-state index contributed by atoms with van der Waals surface area (Å²) in [4.78, 5) is 4.40. The molecule has 0 amide bonds. The fourth-order valence-corrected chi connectivity index (χ4v) is 3.55. The van der Waals surface area contributed by atoms with Crippen LogP contribution in [-0.2, 0) is 18.1 Å². The lowest BCUT2D eigenvalue weighted by Gasteiger charge is -2.15. The molecule has 2 heterocycles. The van der Waals surface area contributed by atoms with Crippen molar-refractivity contribution in [1.29, 1.82) is 0 Å². The minimum absolute atomic E-state index is 0.121. The molecule has 9 heteroatoms. The number of hydrogen-bond donors (Lipinski definition) is 1. The lowest BCUT2D eigenvalue weighted by molar-refractivity contribution is 0.0810. The first-order valence-electron chi connectivity index (χ1n) is 9.42. The zero-order chi connectivity index (χ0) is 21.2. The number of nitrogens with zero attached hydrogens (tertiary/aromatic N) is 3. The zero-order valence-electron chi connectivity index (χ0n) is 17.1. The number of fused-ring (bicyclic) bond motifs is 1. The number of halogens is 2. The van der Waals surface area contributed by atoms with Crippen molar-refractivity contribution in [3.05, 3.63) is 47.3 Å². The number of nitrogen functional groups attached to an aromatic ring is 1. The quantitative estimate of drug-likeness (QED) is 0.330. The number of rotatable bonds is 8. The summed E-state index contributed by atoms with van der Waals surface area (Å²) < 4.78 is 40.9. The van der Waals surface area contributed by atoms with Crippen LogP contribution in [-0.4, -0.2) is 29.4 Å². The first kappa shape index (κ1) is 21.2. The molecule has 0 saturated heterocycles. The molecule has 2 N–H and O–H groups in total. The first-order valence-corrected chi connectivity index (χ1v) is 13.1. The molecule has 0 aliphatic rings. The van der Waals surface area contributed by atoms with E-state index in [-0.39, 0.29) is 17.9 Å². The molecule has 0 fully saturated rings. The van der Waals surface area contributed by atoms with E-state index in [0.29, 0.717) is 24.7 Å². The molecular formula is C20H26F2N4O2Si. The molecule has 3 aromatic rings. The third-order valence-corrected chi connectivity index (χ3v) is 6.26. The van der Waals surface area contributed by atoms with Gasteiger partial charge in [-0.2, -0.15) is 5.10 Å². The van der Waals surface area contributed by atoms with E-state index in [2.05, 4.69) is 29.7 Å². The Balaban J connectivity index is 1.71. The van der Waals surface area contributed by atoms with Crippen LogP contribution in [0.4, 0.5) is 14.5 Å². The van der Waals surface area contributed by atoms with Gasteiger partial charge in [-0.1, -0.05) is 19.6 Å². The highest BCUT2D eigenvalue weighted by Crippen LogP contribution is 2.24. The lowest BCUT2D eigenvalue weighted by Crippen LogP contribution is -2.22.